The van der Waals surface area contributed by atoms with Gasteiger partial charge in [0.05, 0.1) is 0 Å². The summed E-state index contributed by atoms with van der Waals surface area (Å²) in [6, 6.07) is 3.88. The van der Waals surface area contributed by atoms with E-state index in [1.165, 1.54) is 5.06 Å². The molecule has 0 aliphatic rings. The summed E-state index contributed by atoms with van der Waals surface area (Å²) < 4.78 is 0. The third kappa shape index (κ3) is 2.63. The van der Waals surface area contributed by atoms with Crippen LogP contribution < -0.4 is 4.84 Å². The van der Waals surface area contributed by atoms with E-state index >= 15 is 0 Å². The van der Waals surface area contributed by atoms with E-state index in [-0.39, 0.29) is 0 Å². The van der Waals surface area contributed by atoms with Crippen LogP contribution in [0.15, 0.2) is 41.8 Å². The smallest absolute Gasteiger partial charge is 0.270 e. The summed E-state index contributed by atoms with van der Waals surface area (Å²) in [5.41, 5.74) is 1.58. The number of aliphatic imine (C=N–C) groups is 1. The molecule has 2 rings (SSSR count). The zero-order valence-electron chi connectivity index (χ0n) is 9.84. The minimum atomic E-state index is 0.517. The fourth-order valence-electron chi connectivity index (χ4n) is 1.36. The SMILES string of the molecule is C=C(C)N=CN(C)Oc1nccc2cc[nH]c12. The highest BCUT2D eigenvalue weighted by molar-refractivity contribution is 5.83. The minimum absolute atomic E-state index is 0.517. The molecule has 0 amide bonds. The average Bonchev–Trinajstić information content (AvgIpc) is 2.75. The van der Waals surface area contributed by atoms with Crippen LogP contribution in [0.5, 0.6) is 5.88 Å². The van der Waals surface area contributed by atoms with Crippen LogP contribution in [0.2, 0.25) is 0 Å². The highest BCUT2D eigenvalue weighted by Gasteiger charge is 2.06. The standard InChI is InChI=1S/C12H14N4O/c1-9(2)15-8-16(3)17-12-11-10(4-6-13-11)5-7-14-12/h4-8,13H,1H2,2-3H3. The third-order valence-corrected chi connectivity index (χ3v) is 2.11. The van der Waals surface area contributed by atoms with E-state index < -0.39 is 0 Å². The second-order valence-corrected chi connectivity index (χ2v) is 3.68. The van der Waals surface area contributed by atoms with Gasteiger partial charge in [-0.3, -0.25) is 0 Å². The molecule has 2 aromatic rings. The van der Waals surface area contributed by atoms with Crippen molar-refractivity contribution in [3.8, 4) is 5.88 Å². The van der Waals surface area contributed by atoms with Crippen molar-refractivity contribution in [3.63, 3.8) is 0 Å². The summed E-state index contributed by atoms with van der Waals surface area (Å²) in [5.74, 6) is 0.517. The van der Waals surface area contributed by atoms with Gasteiger partial charge in [-0.1, -0.05) is 6.58 Å². The molecule has 2 heterocycles. The Morgan fingerprint density at radius 3 is 3.18 bits per heavy atom. The lowest BCUT2D eigenvalue weighted by atomic mass is 10.3. The number of nitrogens with one attached hydrogen (secondary N) is 1. The normalized spacial score (nSPS) is 10.9. The molecule has 0 aliphatic heterocycles. The van der Waals surface area contributed by atoms with Crippen molar-refractivity contribution in [1.82, 2.24) is 15.0 Å². The van der Waals surface area contributed by atoms with Crippen molar-refractivity contribution in [2.75, 3.05) is 7.05 Å². The molecule has 0 spiro atoms. The molecule has 17 heavy (non-hydrogen) atoms. The van der Waals surface area contributed by atoms with Crippen molar-refractivity contribution in [3.05, 3.63) is 36.8 Å². The molecular weight excluding hydrogens is 216 g/mol. The summed E-state index contributed by atoms with van der Waals surface area (Å²) in [6.45, 7) is 5.49. The molecule has 0 unspecified atom stereocenters. The first kappa shape index (κ1) is 11.2. The van der Waals surface area contributed by atoms with Gasteiger partial charge in [-0.2, -0.15) is 5.06 Å². The molecule has 0 saturated heterocycles. The number of pyridine rings is 1. The zero-order chi connectivity index (χ0) is 12.3. The lowest BCUT2D eigenvalue weighted by molar-refractivity contribution is 0.0500. The minimum Gasteiger partial charge on any atom is -0.357 e. The topological polar surface area (TPSA) is 53.5 Å². The Morgan fingerprint density at radius 1 is 1.59 bits per heavy atom. The predicted octanol–water partition coefficient (Wildman–Crippen LogP) is 2.35. The fourth-order valence-corrected chi connectivity index (χ4v) is 1.36. The van der Waals surface area contributed by atoms with E-state index in [2.05, 4.69) is 21.5 Å². The molecule has 0 aromatic carbocycles. The highest BCUT2D eigenvalue weighted by atomic mass is 16.7. The summed E-state index contributed by atoms with van der Waals surface area (Å²) >= 11 is 0. The predicted molar refractivity (Wildman–Crippen MR) is 67.8 cm³/mol. The van der Waals surface area contributed by atoms with Crippen LogP contribution in [-0.4, -0.2) is 28.4 Å². The van der Waals surface area contributed by atoms with Gasteiger partial charge < -0.3 is 9.82 Å². The van der Waals surface area contributed by atoms with E-state index in [0.29, 0.717) is 11.6 Å². The Balaban J connectivity index is 2.18. The zero-order valence-corrected chi connectivity index (χ0v) is 9.84. The van der Waals surface area contributed by atoms with Crippen LogP contribution in [0.3, 0.4) is 0 Å². The molecule has 0 saturated carbocycles. The largest absolute Gasteiger partial charge is 0.357 e. The number of rotatable bonds is 4. The number of nitrogens with zero attached hydrogens (tertiary/aromatic N) is 3. The number of aromatic nitrogens is 2. The molecule has 0 atom stereocenters. The number of aromatic amines is 1. The number of hydrogen-bond donors (Lipinski definition) is 1. The Morgan fingerprint density at radius 2 is 2.41 bits per heavy atom. The molecule has 2 aromatic heterocycles. The first-order chi connectivity index (χ1) is 8.16. The maximum absolute atomic E-state index is 5.54. The van der Waals surface area contributed by atoms with Crippen LogP contribution in [-0.2, 0) is 0 Å². The lowest BCUT2D eigenvalue weighted by Crippen LogP contribution is -2.21. The van der Waals surface area contributed by atoms with Crippen molar-refractivity contribution < 1.29 is 4.84 Å². The quantitative estimate of drug-likeness (QED) is 0.498. The monoisotopic (exact) mass is 230 g/mol. The maximum Gasteiger partial charge on any atom is 0.270 e. The Labute approximate surface area is 99.4 Å². The van der Waals surface area contributed by atoms with Crippen LogP contribution in [0.4, 0.5) is 0 Å². The first-order valence-corrected chi connectivity index (χ1v) is 5.19. The molecule has 0 radical (unpaired) electrons. The van der Waals surface area contributed by atoms with Gasteiger partial charge in [-0.15, -0.1) is 0 Å². The highest BCUT2D eigenvalue weighted by Crippen LogP contribution is 2.20. The summed E-state index contributed by atoms with van der Waals surface area (Å²) in [5, 5.41) is 2.54. The van der Waals surface area contributed by atoms with E-state index in [1.54, 1.807) is 19.6 Å². The van der Waals surface area contributed by atoms with Crippen LogP contribution in [0.1, 0.15) is 6.92 Å². The Bertz CT molecular complexity index is 558. The van der Waals surface area contributed by atoms with Crippen LogP contribution in [0, 0.1) is 0 Å². The van der Waals surface area contributed by atoms with Gasteiger partial charge in [0.15, 0.2) is 0 Å². The number of hydrogen-bond acceptors (Lipinski definition) is 3. The van der Waals surface area contributed by atoms with Gasteiger partial charge >= 0.3 is 0 Å². The molecule has 1 N–H and O–H groups in total. The van der Waals surface area contributed by atoms with Gasteiger partial charge in [0.25, 0.3) is 5.88 Å². The van der Waals surface area contributed by atoms with E-state index in [4.69, 9.17) is 4.84 Å². The Hall–Kier alpha value is -2.30. The average molecular weight is 230 g/mol. The van der Waals surface area contributed by atoms with Gasteiger partial charge in [0, 0.05) is 30.5 Å². The molecule has 0 aliphatic carbocycles. The number of fused-ring (bicyclic) bond motifs is 1. The second kappa shape index (κ2) is 4.69. The molecule has 88 valence electrons. The van der Waals surface area contributed by atoms with E-state index in [1.807, 2.05) is 25.3 Å². The maximum atomic E-state index is 5.54. The summed E-state index contributed by atoms with van der Waals surface area (Å²) in [6.07, 6.45) is 5.10. The van der Waals surface area contributed by atoms with Crippen molar-refractivity contribution in [1.29, 1.82) is 0 Å². The van der Waals surface area contributed by atoms with Crippen molar-refractivity contribution in [2.45, 2.75) is 6.92 Å². The van der Waals surface area contributed by atoms with Crippen molar-refractivity contribution in [2.24, 2.45) is 4.99 Å². The van der Waals surface area contributed by atoms with Gasteiger partial charge in [0.1, 0.15) is 11.9 Å². The number of hydroxylamine groups is 2. The van der Waals surface area contributed by atoms with Gasteiger partial charge in [0.2, 0.25) is 0 Å². The lowest BCUT2D eigenvalue weighted by Gasteiger charge is -2.13. The van der Waals surface area contributed by atoms with Crippen LogP contribution in [0.25, 0.3) is 10.9 Å². The second-order valence-electron chi connectivity index (χ2n) is 3.68. The molecule has 5 heteroatoms. The number of allylic oxidation sites excluding steroid dienone is 1. The molecule has 0 fully saturated rings. The summed E-state index contributed by atoms with van der Waals surface area (Å²) in [4.78, 5) is 16.8. The third-order valence-electron chi connectivity index (χ3n) is 2.11. The van der Waals surface area contributed by atoms with Gasteiger partial charge in [-0.05, 0) is 19.1 Å². The molecular formula is C12H14N4O. The van der Waals surface area contributed by atoms with Crippen molar-refractivity contribution >= 4 is 17.2 Å². The number of H-pyrrole nitrogens is 1. The van der Waals surface area contributed by atoms with Gasteiger partial charge in [-0.25, -0.2) is 9.98 Å². The first-order valence-electron chi connectivity index (χ1n) is 5.19. The fraction of sp³-hybridized carbons (Fsp3) is 0.167. The Kier molecular flexibility index (Phi) is 3.09. The molecule has 0 bridgehead atoms. The van der Waals surface area contributed by atoms with E-state index in [9.17, 15) is 0 Å². The molecule has 5 nitrogen and oxygen atoms in total. The van der Waals surface area contributed by atoms with Crippen LogP contribution >= 0.6 is 0 Å². The van der Waals surface area contributed by atoms with E-state index in [0.717, 1.165) is 10.9 Å². The summed E-state index contributed by atoms with van der Waals surface area (Å²) in [7, 11) is 1.75.